The molecule has 0 heterocycles. The van der Waals surface area contributed by atoms with E-state index in [9.17, 15) is 0 Å². The summed E-state index contributed by atoms with van der Waals surface area (Å²) in [6.07, 6.45) is 5.81. The lowest BCUT2D eigenvalue weighted by molar-refractivity contribution is 0.132. The molecule has 0 aromatic carbocycles. The first-order valence-corrected chi connectivity index (χ1v) is 5.38. The summed E-state index contributed by atoms with van der Waals surface area (Å²) in [6.45, 7) is 4.02. The van der Waals surface area contributed by atoms with Crippen molar-refractivity contribution in [1.29, 1.82) is 0 Å². The Hall–Kier alpha value is 0.310. The smallest absolute Gasteiger partial charge is 0.0466 e. The van der Waals surface area contributed by atoms with Gasteiger partial charge in [-0.05, 0) is 31.3 Å². The number of hydrogen-bond acceptors (Lipinski definition) is 2. The molecule has 62 valence electrons. The van der Waals surface area contributed by atoms with Gasteiger partial charge in [0.2, 0.25) is 0 Å². The minimum absolute atomic E-state index is 0.930. The van der Waals surface area contributed by atoms with Crippen LogP contribution in [0.2, 0.25) is 0 Å². The number of rotatable bonds is 7. The van der Waals surface area contributed by atoms with Crippen LogP contribution in [0.5, 0.6) is 0 Å². The zero-order valence-corrected chi connectivity index (χ0v) is 7.88. The van der Waals surface area contributed by atoms with E-state index < -0.39 is 0 Å². The molecule has 0 unspecified atom stereocenters. The highest BCUT2D eigenvalue weighted by atomic mass is 32.2. The lowest BCUT2D eigenvalue weighted by Gasteiger charge is -2.00. The number of ether oxygens (including phenoxy) is 1. The Bertz CT molecular complexity index is 49.2. The van der Waals surface area contributed by atoms with Crippen molar-refractivity contribution in [2.75, 3.05) is 25.2 Å². The van der Waals surface area contributed by atoms with Crippen LogP contribution in [0.4, 0.5) is 0 Å². The van der Waals surface area contributed by atoms with Gasteiger partial charge >= 0.3 is 0 Å². The average molecular weight is 162 g/mol. The highest BCUT2D eigenvalue weighted by Gasteiger charge is 1.86. The molecule has 0 saturated carbocycles. The first kappa shape index (κ1) is 10.3. The van der Waals surface area contributed by atoms with E-state index in [-0.39, 0.29) is 0 Å². The second-order valence-corrected chi connectivity index (χ2v) is 3.30. The topological polar surface area (TPSA) is 9.23 Å². The normalized spacial score (nSPS) is 10.2. The Morgan fingerprint density at radius 1 is 1.20 bits per heavy atom. The molecule has 2 heteroatoms. The fourth-order valence-electron chi connectivity index (χ4n) is 0.697. The van der Waals surface area contributed by atoms with Crippen molar-refractivity contribution < 1.29 is 4.74 Å². The number of thioether (sulfide) groups is 1. The van der Waals surface area contributed by atoms with Gasteiger partial charge < -0.3 is 4.74 Å². The van der Waals surface area contributed by atoms with Crippen LogP contribution in [0.25, 0.3) is 0 Å². The minimum Gasteiger partial charge on any atom is -0.381 e. The maximum atomic E-state index is 5.32. The van der Waals surface area contributed by atoms with Crippen LogP contribution in [0, 0.1) is 0 Å². The van der Waals surface area contributed by atoms with Crippen LogP contribution in [-0.4, -0.2) is 25.2 Å². The van der Waals surface area contributed by atoms with Crippen molar-refractivity contribution in [2.24, 2.45) is 0 Å². The summed E-state index contributed by atoms with van der Waals surface area (Å²) in [6, 6.07) is 0. The van der Waals surface area contributed by atoms with E-state index >= 15 is 0 Å². The van der Waals surface area contributed by atoms with Gasteiger partial charge in [0.15, 0.2) is 0 Å². The van der Waals surface area contributed by atoms with E-state index in [4.69, 9.17) is 4.74 Å². The van der Waals surface area contributed by atoms with Crippen molar-refractivity contribution >= 4 is 11.8 Å². The van der Waals surface area contributed by atoms with E-state index in [0.29, 0.717) is 0 Å². The highest BCUT2D eigenvalue weighted by molar-refractivity contribution is 7.98. The summed E-state index contributed by atoms with van der Waals surface area (Å²) in [7, 11) is 0. The molecule has 0 radical (unpaired) electrons. The van der Waals surface area contributed by atoms with Gasteiger partial charge in [-0.3, -0.25) is 0 Å². The number of unbranched alkanes of at least 4 members (excludes halogenated alkanes) is 1. The second-order valence-electron chi connectivity index (χ2n) is 2.31. The Labute approximate surface area is 68.5 Å². The Morgan fingerprint density at radius 3 is 2.60 bits per heavy atom. The van der Waals surface area contributed by atoms with Gasteiger partial charge in [0.1, 0.15) is 0 Å². The maximum absolute atomic E-state index is 5.32. The summed E-state index contributed by atoms with van der Waals surface area (Å²) in [5.41, 5.74) is 0. The van der Waals surface area contributed by atoms with E-state index in [2.05, 4.69) is 13.2 Å². The van der Waals surface area contributed by atoms with Gasteiger partial charge in [0.05, 0.1) is 0 Å². The molecule has 0 rings (SSSR count). The quantitative estimate of drug-likeness (QED) is 0.532. The molecule has 0 aliphatic heterocycles. The van der Waals surface area contributed by atoms with E-state index in [1.54, 1.807) is 0 Å². The molecule has 0 bridgehead atoms. The molecular weight excluding hydrogens is 144 g/mol. The Morgan fingerprint density at radius 2 is 2.00 bits per heavy atom. The molecule has 0 fully saturated rings. The first-order valence-electron chi connectivity index (χ1n) is 3.98. The van der Waals surface area contributed by atoms with Gasteiger partial charge in [-0.2, -0.15) is 11.8 Å². The zero-order chi connectivity index (χ0) is 7.66. The molecule has 0 aromatic heterocycles. The third-order valence-corrected chi connectivity index (χ3v) is 1.93. The van der Waals surface area contributed by atoms with Gasteiger partial charge in [-0.25, -0.2) is 0 Å². The SMILES string of the molecule is CCCOCCCCSC. The van der Waals surface area contributed by atoms with Crippen LogP contribution >= 0.6 is 11.8 Å². The largest absolute Gasteiger partial charge is 0.381 e. The number of hydrogen-bond donors (Lipinski definition) is 0. The second kappa shape index (κ2) is 9.31. The fourth-order valence-corrected chi connectivity index (χ4v) is 1.19. The molecule has 0 N–H and O–H groups in total. The van der Waals surface area contributed by atoms with Crippen LogP contribution in [0.3, 0.4) is 0 Å². The van der Waals surface area contributed by atoms with Gasteiger partial charge in [0.25, 0.3) is 0 Å². The average Bonchev–Trinajstić information content (AvgIpc) is 1.97. The summed E-state index contributed by atoms with van der Waals surface area (Å²) in [4.78, 5) is 0. The summed E-state index contributed by atoms with van der Waals surface area (Å²) >= 11 is 1.91. The minimum atomic E-state index is 0.930. The van der Waals surface area contributed by atoms with Crippen LogP contribution in [-0.2, 0) is 4.74 Å². The van der Waals surface area contributed by atoms with E-state index in [1.165, 1.54) is 18.6 Å². The molecule has 0 saturated heterocycles. The van der Waals surface area contributed by atoms with Gasteiger partial charge in [-0.1, -0.05) is 6.92 Å². The third kappa shape index (κ3) is 8.31. The van der Waals surface area contributed by atoms with Crippen molar-refractivity contribution in [2.45, 2.75) is 26.2 Å². The standard InChI is InChI=1S/C8H18OS/c1-3-6-9-7-4-5-8-10-2/h3-8H2,1-2H3. The molecule has 1 nitrogen and oxygen atoms in total. The summed E-state index contributed by atoms with van der Waals surface area (Å²) in [5, 5.41) is 0. The van der Waals surface area contributed by atoms with Crippen molar-refractivity contribution in [3.63, 3.8) is 0 Å². The Kier molecular flexibility index (Phi) is 9.60. The third-order valence-electron chi connectivity index (χ3n) is 1.24. The van der Waals surface area contributed by atoms with Gasteiger partial charge in [0, 0.05) is 13.2 Å². The molecule has 0 atom stereocenters. The predicted molar refractivity (Wildman–Crippen MR) is 48.7 cm³/mol. The van der Waals surface area contributed by atoms with E-state index in [0.717, 1.165) is 19.6 Å². The predicted octanol–water partition coefficient (Wildman–Crippen LogP) is 2.56. The molecule has 10 heavy (non-hydrogen) atoms. The molecule has 0 spiro atoms. The maximum Gasteiger partial charge on any atom is 0.0466 e. The lowest BCUT2D eigenvalue weighted by atomic mass is 10.4. The van der Waals surface area contributed by atoms with Crippen LogP contribution in [0.15, 0.2) is 0 Å². The zero-order valence-electron chi connectivity index (χ0n) is 7.06. The Balaban J connectivity index is 2.65. The molecule has 0 amide bonds. The lowest BCUT2D eigenvalue weighted by Crippen LogP contribution is -1.95. The molecule has 0 aliphatic carbocycles. The molecular formula is C8H18OS. The summed E-state index contributed by atoms with van der Waals surface area (Å²) < 4.78 is 5.32. The van der Waals surface area contributed by atoms with Crippen LogP contribution in [0.1, 0.15) is 26.2 Å². The van der Waals surface area contributed by atoms with Crippen molar-refractivity contribution in [3.05, 3.63) is 0 Å². The van der Waals surface area contributed by atoms with E-state index in [1.807, 2.05) is 11.8 Å². The molecule has 0 aromatic rings. The first-order chi connectivity index (χ1) is 4.91. The molecule has 0 aliphatic rings. The van der Waals surface area contributed by atoms with Crippen molar-refractivity contribution in [3.8, 4) is 0 Å². The van der Waals surface area contributed by atoms with Gasteiger partial charge in [-0.15, -0.1) is 0 Å². The fraction of sp³-hybridized carbons (Fsp3) is 1.00. The van der Waals surface area contributed by atoms with Crippen molar-refractivity contribution in [1.82, 2.24) is 0 Å². The monoisotopic (exact) mass is 162 g/mol. The summed E-state index contributed by atoms with van der Waals surface area (Å²) in [5.74, 6) is 1.27. The van der Waals surface area contributed by atoms with Crippen LogP contribution < -0.4 is 0 Å². The highest BCUT2D eigenvalue weighted by Crippen LogP contribution is 1.99.